The third-order valence-electron chi connectivity index (χ3n) is 4.35. The van der Waals surface area contributed by atoms with E-state index in [1.165, 1.54) is 12.1 Å². The third kappa shape index (κ3) is 5.54. The Bertz CT molecular complexity index is 859. The normalized spacial score (nSPS) is 13.8. The molecule has 2 aromatic rings. The van der Waals surface area contributed by atoms with Crippen molar-refractivity contribution >= 4 is 16.1 Å². The lowest BCUT2D eigenvalue weighted by atomic mass is 9.99. The number of hydrogen-bond acceptors (Lipinski definition) is 4. The van der Waals surface area contributed by atoms with E-state index in [0.717, 1.165) is 9.87 Å². The van der Waals surface area contributed by atoms with Crippen LogP contribution in [0.3, 0.4) is 0 Å². The topological polar surface area (TPSA) is 107 Å². The standard InChI is InChI=1S/C20H26N2O5S/c1-2-15-22(28(26,27)18-11-7-4-8-12-18)20(25,13-14-21-19(23)24)16-17-9-5-3-6-10-17/h3-12,21,25H,2,13-16H2,1H3,(H,23,24). The molecule has 1 unspecified atom stereocenters. The lowest BCUT2D eigenvalue weighted by Crippen LogP contribution is -2.55. The van der Waals surface area contributed by atoms with Gasteiger partial charge in [-0.15, -0.1) is 0 Å². The van der Waals surface area contributed by atoms with Crippen LogP contribution < -0.4 is 5.32 Å². The zero-order valence-corrected chi connectivity index (χ0v) is 16.6. The minimum Gasteiger partial charge on any atom is -0.465 e. The highest BCUT2D eigenvalue weighted by Crippen LogP contribution is 2.29. The van der Waals surface area contributed by atoms with Crippen LogP contribution in [0.5, 0.6) is 0 Å². The van der Waals surface area contributed by atoms with Crippen molar-refractivity contribution in [2.75, 3.05) is 13.1 Å². The van der Waals surface area contributed by atoms with Crippen molar-refractivity contribution in [3.63, 3.8) is 0 Å². The van der Waals surface area contributed by atoms with Crippen molar-refractivity contribution < 1.29 is 23.4 Å². The van der Waals surface area contributed by atoms with Crippen LogP contribution in [0.1, 0.15) is 25.3 Å². The van der Waals surface area contributed by atoms with E-state index in [0.29, 0.717) is 6.42 Å². The molecule has 0 saturated heterocycles. The Kier molecular flexibility index (Phi) is 7.56. The van der Waals surface area contributed by atoms with E-state index >= 15 is 0 Å². The van der Waals surface area contributed by atoms with E-state index in [1.54, 1.807) is 42.5 Å². The molecule has 0 saturated carbocycles. The lowest BCUT2D eigenvalue weighted by Gasteiger charge is -2.39. The smallest absolute Gasteiger partial charge is 0.404 e. The molecule has 2 aromatic carbocycles. The highest BCUT2D eigenvalue weighted by atomic mass is 32.2. The van der Waals surface area contributed by atoms with Gasteiger partial charge in [0.15, 0.2) is 0 Å². The summed E-state index contributed by atoms with van der Waals surface area (Å²) in [6.45, 7) is 1.85. The molecule has 3 N–H and O–H groups in total. The van der Waals surface area contributed by atoms with Crippen molar-refractivity contribution in [1.29, 1.82) is 0 Å². The summed E-state index contributed by atoms with van der Waals surface area (Å²) in [6, 6.07) is 17.0. The van der Waals surface area contributed by atoms with Crippen LogP contribution in [0, 0.1) is 0 Å². The van der Waals surface area contributed by atoms with Crippen LogP contribution in [0.2, 0.25) is 0 Å². The van der Waals surface area contributed by atoms with Gasteiger partial charge < -0.3 is 15.5 Å². The number of nitrogens with zero attached hydrogens (tertiary/aromatic N) is 1. The zero-order valence-electron chi connectivity index (χ0n) is 15.8. The van der Waals surface area contributed by atoms with Crippen LogP contribution in [-0.4, -0.2) is 47.8 Å². The predicted octanol–water partition coefficient (Wildman–Crippen LogP) is 2.68. The lowest BCUT2D eigenvalue weighted by molar-refractivity contribution is -0.0662. The third-order valence-corrected chi connectivity index (χ3v) is 6.32. The summed E-state index contributed by atoms with van der Waals surface area (Å²) < 4.78 is 27.7. The first kappa shape index (κ1) is 21.9. The van der Waals surface area contributed by atoms with E-state index in [1.807, 2.05) is 13.0 Å². The number of nitrogens with one attached hydrogen (secondary N) is 1. The predicted molar refractivity (Wildman–Crippen MR) is 106 cm³/mol. The average molecular weight is 407 g/mol. The number of benzene rings is 2. The van der Waals surface area contributed by atoms with Gasteiger partial charge in [-0.2, -0.15) is 4.31 Å². The van der Waals surface area contributed by atoms with Crippen LogP contribution >= 0.6 is 0 Å². The highest BCUT2D eigenvalue weighted by molar-refractivity contribution is 7.89. The van der Waals surface area contributed by atoms with Crippen molar-refractivity contribution in [3.05, 3.63) is 66.2 Å². The van der Waals surface area contributed by atoms with Gasteiger partial charge in [0, 0.05) is 25.9 Å². The molecule has 0 aliphatic carbocycles. The van der Waals surface area contributed by atoms with Gasteiger partial charge in [-0.05, 0) is 24.1 Å². The van der Waals surface area contributed by atoms with Gasteiger partial charge in [-0.25, -0.2) is 13.2 Å². The Morgan fingerprint density at radius 3 is 2.18 bits per heavy atom. The first-order valence-electron chi connectivity index (χ1n) is 9.10. The van der Waals surface area contributed by atoms with E-state index in [9.17, 15) is 18.3 Å². The largest absolute Gasteiger partial charge is 0.465 e. The number of amides is 1. The van der Waals surface area contributed by atoms with E-state index in [-0.39, 0.29) is 30.8 Å². The Morgan fingerprint density at radius 2 is 1.64 bits per heavy atom. The minimum absolute atomic E-state index is 0.0429. The molecule has 0 aromatic heterocycles. The van der Waals surface area contributed by atoms with Gasteiger partial charge in [0.05, 0.1) is 4.90 Å². The van der Waals surface area contributed by atoms with E-state index < -0.39 is 21.8 Å². The molecular formula is C20H26N2O5S. The van der Waals surface area contributed by atoms with Gasteiger partial charge in [0.25, 0.3) is 0 Å². The number of sulfonamides is 1. The fourth-order valence-electron chi connectivity index (χ4n) is 3.07. The Morgan fingerprint density at radius 1 is 1.07 bits per heavy atom. The van der Waals surface area contributed by atoms with Gasteiger partial charge in [0.2, 0.25) is 10.0 Å². The van der Waals surface area contributed by atoms with Crippen LogP contribution in [-0.2, 0) is 16.4 Å². The molecule has 28 heavy (non-hydrogen) atoms. The molecule has 8 heteroatoms. The van der Waals surface area contributed by atoms with Crippen LogP contribution in [0.15, 0.2) is 65.6 Å². The van der Waals surface area contributed by atoms with Crippen molar-refractivity contribution in [2.45, 2.75) is 36.8 Å². The summed E-state index contributed by atoms with van der Waals surface area (Å²) in [5, 5.41) is 22.5. The summed E-state index contributed by atoms with van der Waals surface area (Å²) in [7, 11) is -3.98. The van der Waals surface area contributed by atoms with Gasteiger partial charge in [-0.3, -0.25) is 0 Å². The molecule has 1 atom stereocenters. The van der Waals surface area contributed by atoms with Crippen molar-refractivity contribution in [3.8, 4) is 0 Å². The second kappa shape index (κ2) is 9.68. The second-order valence-electron chi connectivity index (χ2n) is 6.52. The second-order valence-corrected chi connectivity index (χ2v) is 8.38. The quantitative estimate of drug-likeness (QED) is 0.526. The molecule has 0 bridgehead atoms. The zero-order chi connectivity index (χ0) is 20.6. The maximum absolute atomic E-state index is 13.3. The molecule has 1 amide bonds. The summed E-state index contributed by atoms with van der Waals surface area (Å²) in [5.74, 6) is 0. The fraction of sp³-hybridized carbons (Fsp3) is 0.350. The van der Waals surface area contributed by atoms with Gasteiger partial charge >= 0.3 is 6.09 Å². The molecule has 0 radical (unpaired) electrons. The number of hydrogen-bond donors (Lipinski definition) is 3. The fourth-order valence-corrected chi connectivity index (χ4v) is 4.85. The molecule has 2 rings (SSSR count). The molecular weight excluding hydrogens is 380 g/mol. The Balaban J connectivity index is 2.44. The molecule has 152 valence electrons. The number of carbonyl (C=O) groups is 1. The van der Waals surface area contributed by atoms with Crippen LogP contribution in [0.4, 0.5) is 4.79 Å². The van der Waals surface area contributed by atoms with Crippen LogP contribution in [0.25, 0.3) is 0 Å². The maximum atomic E-state index is 13.3. The van der Waals surface area contributed by atoms with Crippen molar-refractivity contribution in [2.24, 2.45) is 0 Å². The molecule has 0 aliphatic rings. The monoisotopic (exact) mass is 406 g/mol. The number of aliphatic hydroxyl groups is 1. The first-order chi connectivity index (χ1) is 13.3. The number of carboxylic acid groups (broad SMARTS) is 1. The van der Waals surface area contributed by atoms with Gasteiger partial charge in [-0.1, -0.05) is 55.5 Å². The van der Waals surface area contributed by atoms with E-state index in [2.05, 4.69) is 5.32 Å². The maximum Gasteiger partial charge on any atom is 0.404 e. The average Bonchev–Trinajstić information content (AvgIpc) is 2.67. The molecule has 0 heterocycles. The summed E-state index contributed by atoms with van der Waals surface area (Å²) in [4.78, 5) is 10.9. The summed E-state index contributed by atoms with van der Waals surface area (Å²) >= 11 is 0. The Labute approximate surface area is 165 Å². The van der Waals surface area contributed by atoms with Crippen molar-refractivity contribution in [1.82, 2.24) is 9.62 Å². The Hall–Kier alpha value is -2.42. The molecule has 0 spiro atoms. The number of rotatable bonds is 10. The molecule has 7 nitrogen and oxygen atoms in total. The molecule has 0 fully saturated rings. The highest BCUT2D eigenvalue weighted by Gasteiger charge is 2.42. The summed E-state index contributed by atoms with van der Waals surface area (Å²) in [6.07, 6.45) is -0.771. The van der Waals surface area contributed by atoms with Gasteiger partial charge in [0.1, 0.15) is 5.72 Å². The SMILES string of the molecule is CCCN(C(O)(CCNC(=O)O)Cc1ccccc1)S(=O)(=O)c1ccccc1. The van der Waals surface area contributed by atoms with E-state index in [4.69, 9.17) is 5.11 Å². The first-order valence-corrected chi connectivity index (χ1v) is 10.5. The summed E-state index contributed by atoms with van der Waals surface area (Å²) in [5.41, 5.74) is -1.03. The minimum atomic E-state index is -3.98. The molecule has 0 aliphatic heterocycles.